The van der Waals surface area contributed by atoms with Crippen LogP contribution >= 0.6 is 0 Å². The van der Waals surface area contributed by atoms with E-state index >= 15 is 0 Å². The lowest BCUT2D eigenvalue weighted by Gasteiger charge is -2.39. The average molecular weight is 200 g/mol. The number of carbonyl (C=O) groups is 1. The lowest BCUT2D eigenvalue weighted by Crippen LogP contribution is -2.45. The van der Waals surface area contributed by atoms with Crippen LogP contribution in [-0.4, -0.2) is 29.7 Å². The summed E-state index contributed by atoms with van der Waals surface area (Å²) in [6.45, 7) is 4.38. The van der Waals surface area contributed by atoms with Gasteiger partial charge in [0, 0.05) is 12.3 Å². The Morgan fingerprint density at radius 1 is 1.64 bits per heavy atom. The van der Waals surface area contributed by atoms with Gasteiger partial charge in [-0.25, -0.2) is 0 Å². The van der Waals surface area contributed by atoms with Crippen molar-refractivity contribution in [3.63, 3.8) is 0 Å². The zero-order valence-electron chi connectivity index (χ0n) is 9.08. The molecule has 1 aliphatic carbocycles. The molecule has 1 rings (SSSR count). The summed E-state index contributed by atoms with van der Waals surface area (Å²) in [5.74, 6) is 0.335. The predicted octanol–water partition coefficient (Wildman–Crippen LogP) is 1.53. The third kappa shape index (κ3) is 2.34. The lowest BCUT2D eigenvalue weighted by atomic mass is 9.74. The molecular formula is C11H20O3. The minimum absolute atomic E-state index is 0.0165. The topological polar surface area (TPSA) is 46.5 Å². The normalized spacial score (nSPS) is 33.4. The Morgan fingerprint density at radius 2 is 2.36 bits per heavy atom. The minimum atomic E-state index is -0.340. The van der Waals surface area contributed by atoms with Crippen molar-refractivity contribution >= 4 is 5.78 Å². The molecule has 0 aromatic rings. The van der Waals surface area contributed by atoms with E-state index in [-0.39, 0.29) is 18.1 Å². The number of Topliss-reactive ketones (excluding diaryl/α,β-unsaturated/α-hetero) is 1. The van der Waals surface area contributed by atoms with Gasteiger partial charge in [0.15, 0.2) is 0 Å². The Balaban J connectivity index is 2.66. The van der Waals surface area contributed by atoms with Gasteiger partial charge in [0.05, 0.1) is 18.8 Å². The Bertz CT molecular complexity index is 203. The molecule has 3 nitrogen and oxygen atoms in total. The molecule has 82 valence electrons. The summed E-state index contributed by atoms with van der Waals surface area (Å²) in [5, 5.41) is 8.73. The molecule has 3 heteroatoms. The van der Waals surface area contributed by atoms with Gasteiger partial charge in [-0.1, -0.05) is 6.92 Å². The zero-order chi connectivity index (χ0) is 10.6. The number of ether oxygens (including phenoxy) is 1. The summed E-state index contributed by atoms with van der Waals surface area (Å²) in [7, 11) is 0. The van der Waals surface area contributed by atoms with Gasteiger partial charge in [0.25, 0.3) is 0 Å². The third-order valence-electron chi connectivity index (χ3n) is 3.15. The maximum atomic E-state index is 11.7. The van der Waals surface area contributed by atoms with Crippen molar-refractivity contribution < 1.29 is 14.6 Å². The summed E-state index contributed by atoms with van der Waals surface area (Å²) in [6, 6.07) is 0. The molecule has 0 aliphatic heterocycles. The molecular weight excluding hydrogens is 180 g/mol. The molecule has 1 saturated carbocycles. The van der Waals surface area contributed by atoms with E-state index in [1.165, 1.54) is 0 Å². The fourth-order valence-corrected chi connectivity index (χ4v) is 2.41. The molecule has 0 amide bonds. The maximum absolute atomic E-state index is 11.7. The number of aliphatic hydroxyl groups excluding tert-OH is 1. The number of ketones is 1. The summed E-state index contributed by atoms with van der Waals surface area (Å²) in [4.78, 5) is 11.7. The smallest absolute Gasteiger partial charge is 0.138 e. The van der Waals surface area contributed by atoms with E-state index in [4.69, 9.17) is 9.84 Å². The van der Waals surface area contributed by atoms with E-state index in [1.54, 1.807) is 0 Å². The molecule has 0 aromatic heterocycles. The van der Waals surface area contributed by atoms with Crippen LogP contribution in [-0.2, 0) is 9.53 Å². The Hall–Kier alpha value is -0.410. The molecule has 0 saturated heterocycles. The van der Waals surface area contributed by atoms with Gasteiger partial charge in [0.2, 0.25) is 0 Å². The number of hydrogen-bond donors (Lipinski definition) is 1. The Morgan fingerprint density at radius 3 is 2.93 bits per heavy atom. The van der Waals surface area contributed by atoms with Crippen LogP contribution in [0.5, 0.6) is 0 Å². The van der Waals surface area contributed by atoms with E-state index in [9.17, 15) is 4.79 Å². The first-order valence-electron chi connectivity index (χ1n) is 5.41. The van der Waals surface area contributed by atoms with Crippen molar-refractivity contribution in [1.82, 2.24) is 0 Å². The third-order valence-corrected chi connectivity index (χ3v) is 3.15. The van der Waals surface area contributed by atoms with Gasteiger partial charge in [0.1, 0.15) is 5.78 Å². The number of aliphatic hydroxyl groups is 1. The number of carbonyl (C=O) groups excluding carboxylic acids is 1. The van der Waals surface area contributed by atoms with E-state index in [2.05, 4.69) is 0 Å². The Kier molecular flexibility index (Phi) is 4.08. The second-order valence-corrected chi connectivity index (χ2v) is 4.17. The van der Waals surface area contributed by atoms with Crippen LogP contribution in [0.4, 0.5) is 0 Å². The van der Waals surface area contributed by atoms with E-state index in [0.29, 0.717) is 18.8 Å². The summed E-state index contributed by atoms with van der Waals surface area (Å²) < 4.78 is 5.62. The second kappa shape index (κ2) is 4.89. The molecule has 2 atom stereocenters. The predicted molar refractivity (Wildman–Crippen MR) is 54.1 cm³/mol. The van der Waals surface area contributed by atoms with Gasteiger partial charge in [-0.2, -0.15) is 0 Å². The van der Waals surface area contributed by atoms with Crippen LogP contribution in [0.1, 0.15) is 39.5 Å². The zero-order valence-corrected chi connectivity index (χ0v) is 9.08. The van der Waals surface area contributed by atoms with E-state index in [0.717, 1.165) is 19.3 Å². The molecule has 1 N–H and O–H groups in total. The first kappa shape index (κ1) is 11.7. The monoisotopic (exact) mass is 200 g/mol. The molecule has 0 heterocycles. The standard InChI is InChI=1S/C11H20O3/c1-3-9-10(13)5-4-6-11(9,2)14-8-7-12/h9,12H,3-8H2,1-2H3. The largest absolute Gasteiger partial charge is 0.394 e. The minimum Gasteiger partial charge on any atom is -0.394 e. The highest BCUT2D eigenvalue weighted by Crippen LogP contribution is 2.36. The molecule has 0 spiro atoms. The van der Waals surface area contributed by atoms with Gasteiger partial charge in [-0.3, -0.25) is 4.79 Å². The van der Waals surface area contributed by atoms with Crippen LogP contribution in [0.25, 0.3) is 0 Å². The first-order valence-corrected chi connectivity index (χ1v) is 5.41. The molecule has 2 unspecified atom stereocenters. The van der Waals surface area contributed by atoms with Crippen LogP contribution in [0.15, 0.2) is 0 Å². The van der Waals surface area contributed by atoms with Crippen molar-refractivity contribution in [2.75, 3.05) is 13.2 Å². The first-order chi connectivity index (χ1) is 6.64. The second-order valence-electron chi connectivity index (χ2n) is 4.17. The van der Waals surface area contributed by atoms with Crippen LogP contribution in [0.3, 0.4) is 0 Å². The van der Waals surface area contributed by atoms with Crippen molar-refractivity contribution in [3.05, 3.63) is 0 Å². The quantitative estimate of drug-likeness (QED) is 0.748. The lowest BCUT2D eigenvalue weighted by molar-refractivity contribution is -0.147. The summed E-state index contributed by atoms with van der Waals surface area (Å²) in [5.41, 5.74) is -0.340. The molecule has 0 aromatic carbocycles. The highest BCUT2D eigenvalue weighted by molar-refractivity contribution is 5.83. The van der Waals surface area contributed by atoms with Gasteiger partial charge in [-0.15, -0.1) is 0 Å². The van der Waals surface area contributed by atoms with Gasteiger partial charge >= 0.3 is 0 Å². The maximum Gasteiger partial charge on any atom is 0.138 e. The van der Waals surface area contributed by atoms with Crippen LogP contribution in [0.2, 0.25) is 0 Å². The number of rotatable bonds is 4. The highest BCUT2D eigenvalue weighted by atomic mass is 16.5. The molecule has 1 fully saturated rings. The SMILES string of the molecule is CCC1C(=O)CCCC1(C)OCCO. The molecule has 0 bridgehead atoms. The van der Waals surface area contributed by atoms with Crippen molar-refractivity contribution in [2.45, 2.75) is 45.1 Å². The fraction of sp³-hybridized carbons (Fsp3) is 0.909. The van der Waals surface area contributed by atoms with Gasteiger partial charge < -0.3 is 9.84 Å². The van der Waals surface area contributed by atoms with Crippen LogP contribution in [0, 0.1) is 5.92 Å². The van der Waals surface area contributed by atoms with E-state index < -0.39 is 0 Å². The average Bonchev–Trinajstić information content (AvgIpc) is 2.15. The van der Waals surface area contributed by atoms with E-state index in [1.807, 2.05) is 13.8 Å². The van der Waals surface area contributed by atoms with Crippen molar-refractivity contribution in [1.29, 1.82) is 0 Å². The van der Waals surface area contributed by atoms with Gasteiger partial charge in [-0.05, 0) is 26.2 Å². The van der Waals surface area contributed by atoms with Crippen LogP contribution < -0.4 is 0 Å². The highest BCUT2D eigenvalue weighted by Gasteiger charge is 2.41. The molecule has 0 radical (unpaired) electrons. The Labute approximate surface area is 85.5 Å². The van der Waals surface area contributed by atoms with Crippen molar-refractivity contribution in [2.24, 2.45) is 5.92 Å². The molecule has 1 aliphatic rings. The summed E-state index contributed by atoms with van der Waals surface area (Å²) in [6.07, 6.45) is 3.37. The molecule has 14 heavy (non-hydrogen) atoms. The summed E-state index contributed by atoms with van der Waals surface area (Å²) >= 11 is 0. The fourth-order valence-electron chi connectivity index (χ4n) is 2.41. The number of hydrogen-bond acceptors (Lipinski definition) is 3. The van der Waals surface area contributed by atoms with Crippen molar-refractivity contribution in [3.8, 4) is 0 Å².